The van der Waals surface area contributed by atoms with Crippen LogP contribution in [0.3, 0.4) is 0 Å². The molecule has 0 radical (unpaired) electrons. The van der Waals surface area contributed by atoms with Gasteiger partial charge in [0, 0.05) is 24.1 Å². The fourth-order valence-electron chi connectivity index (χ4n) is 4.22. The maximum absolute atomic E-state index is 12.7. The van der Waals surface area contributed by atoms with E-state index in [1.165, 1.54) is 5.56 Å². The highest BCUT2D eigenvalue weighted by Gasteiger charge is 2.15. The molecule has 0 saturated heterocycles. The summed E-state index contributed by atoms with van der Waals surface area (Å²) in [5.41, 5.74) is 7.18. The molecule has 1 N–H and O–H groups in total. The van der Waals surface area contributed by atoms with E-state index < -0.39 is 6.09 Å². The van der Waals surface area contributed by atoms with Crippen LogP contribution in [0, 0.1) is 13.8 Å². The largest absolute Gasteiger partial charge is 0.444 e. The van der Waals surface area contributed by atoms with Gasteiger partial charge in [0.15, 0.2) is 0 Å². The predicted molar refractivity (Wildman–Crippen MR) is 137 cm³/mol. The van der Waals surface area contributed by atoms with Crippen LogP contribution in [0.4, 0.5) is 10.6 Å². The van der Waals surface area contributed by atoms with Crippen LogP contribution in [0.25, 0.3) is 22.2 Å². The highest BCUT2D eigenvalue weighted by atomic mass is 16.5. The summed E-state index contributed by atoms with van der Waals surface area (Å²) in [7, 11) is 1.90. The van der Waals surface area contributed by atoms with Crippen LogP contribution in [0.1, 0.15) is 22.3 Å². The Balaban J connectivity index is 1.36. The Bertz CT molecular complexity index is 1500. The SMILES string of the molecule is Cc1ccc(-c2cc(NC(=O)OCc3ccc4c(cnn4C)c3)n(Cc3ccccc3)n2)c(C)c1. The third-order valence-electron chi connectivity index (χ3n) is 6.02. The zero-order chi connectivity index (χ0) is 24.4. The van der Waals surface area contributed by atoms with Gasteiger partial charge < -0.3 is 4.74 Å². The van der Waals surface area contributed by atoms with Crippen molar-refractivity contribution in [2.24, 2.45) is 7.05 Å². The zero-order valence-electron chi connectivity index (χ0n) is 20.0. The molecule has 0 spiro atoms. The molecule has 5 aromatic rings. The van der Waals surface area contributed by atoms with E-state index in [2.05, 4.69) is 42.5 Å². The molecule has 0 bridgehead atoms. The predicted octanol–water partition coefficient (Wildman–Crippen LogP) is 5.85. The number of aryl methyl sites for hydroxylation is 3. The minimum absolute atomic E-state index is 0.160. The summed E-state index contributed by atoms with van der Waals surface area (Å²) >= 11 is 0. The number of nitrogens with zero attached hydrogens (tertiary/aromatic N) is 4. The monoisotopic (exact) mass is 465 g/mol. The molecule has 0 fully saturated rings. The third-order valence-corrected chi connectivity index (χ3v) is 6.02. The lowest BCUT2D eigenvalue weighted by molar-refractivity contribution is 0.155. The molecule has 0 aliphatic heterocycles. The van der Waals surface area contributed by atoms with Gasteiger partial charge in [-0.1, -0.05) is 60.2 Å². The number of hydrogen-bond donors (Lipinski definition) is 1. The van der Waals surface area contributed by atoms with E-state index >= 15 is 0 Å². The third kappa shape index (κ3) is 4.94. The van der Waals surface area contributed by atoms with E-state index in [1.807, 2.05) is 66.3 Å². The van der Waals surface area contributed by atoms with Crippen LogP contribution in [0.15, 0.2) is 79.0 Å². The standard InChI is InChI=1S/C28H27N5O2/c1-19-9-11-24(20(2)13-19)25-15-27(33(31-25)17-21-7-5-4-6-8-21)30-28(34)35-18-22-10-12-26-23(14-22)16-29-32(26)3/h4-16H,17-18H2,1-3H3,(H,30,34). The Hall–Kier alpha value is -4.39. The lowest BCUT2D eigenvalue weighted by atomic mass is 10.0. The van der Waals surface area contributed by atoms with Gasteiger partial charge in [0.1, 0.15) is 12.4 Å². The van der Waals surface area contributed by atoms with E-state index in [0.717, 1.165) is 38.9 Å². The number of aromatic nitrogens is 4. The average molecular weight is 466 g/mol. The minimum Gasteiger partial charge on any atom is -0.444 e. The number of rotatable bonds is 6. The van der Waals surface area contributed by atoms with Gasteiger partial charge in [-0.2, -0.15) is 10.2 Å². The van der Waals surface area contributed by atoms with E-state index in [4.69, 9.17) is 9.84 Å². The van der Waals surface area contributed by atoms with Crippen molar-refractivity contribution in [1.82, 2.24) is 19.6 Å². The van der Waals surface area contributed by atoms with Crippen molar-refractivity contribution in [3.05, 3.63) is 101 Å². The summed E-state index contributed by atoms with van der Waals surface area (Å²) in [6, 6.07) is 24.1. The maximum Gasteiger partial charge on any atom is 0.413 e. The second kappa shape index (κ2) is 9.46. The first-order chi connectivity index (χ1) is 17.0. The molecular weight excluding hydrogens is 438 g/mol. The summed E-state index contributed by atoms with van der Waals surface area (Å²) in [6.45, 7) is 4.82. The summed E-state index contributed by atoms with van der Waals surface area (Å²) in [6.07, 6.45) is 1.27. The fourth-order valence-corrected chi connectivity index (χ4v) is 4.22. The Labute approximate surface area is 204 Å². The second-order valence-electron chi connectivity index (χ2n) is 8.74. The number of fused-ring (bicyclic) bond motifs is 1. The van der Waals surface area contributed by atoms with E-state index in [-0.39, 0.29) is 6.61 Å². The molecule has 35 heavy (non-hydrogen) atoms. The molecule has 0 atom stereocenters. The number of carbonyl (C=O) groups is 1. The maximum atomic E-state index is 12.7. The van der Waals surface area contributed by atoms with Crippen molar-refractivity contribution in [3.8, 4) is 11.3 Å². The average Bonchev–Trinajstić information content (AvgIpc) is 3.41. The Morgan fingerprint density at radius 3 is 2.60 bits per heavy atom. The smallest absolute Gasteiger partial charge is 0.413 e. The van der Waals surface area contributed by atoms with Crippen molar-refractivity contribution in [2.45, 2.75) is 27.0 Å². The van der Waals surface area contributed by atoms with Crippen molar-refractivity contribution in [3.63, 3.8) is 0 Å². The van der Waals surface area contributed by atoms with Crippen LogP contribution in [0.5, 0.6) is 0 Å². The Morgan fingerprint density at radius 1 is 0.971 bits per heavy atom. The van der Waals surface area contributed by atoms with Gasteiger partial charge in [0.25, 0.3) is 0 Å². The minimum atomic E-state index is -0.530. The number of benzene rings is 3. The van der Waals surface area contributed by atoms with Crippen LogP contribution in [-0.4, -0.2) is 25.7 Å². The summed E-state index contributed by atoms with van der Waals surface area (Å²) in [4.78, 5) is 12.7. The second-order valence-corrected chi connectivity index (χ2v) is 8.74. The van der Waals surface area contributed by atoms with Crippen molar-refractivity contribution in [1.29, 1.82) is 0 Å². The van der Waals surface area contributed by atoms with Gasteiger partial charge in [-0.05, 0) is 42.7 Å². The van der Waals surface area contributed by atoms with Crippen LogP contribution in [-0.2, 0) is 24.9 Å². The number of anilines is 1. The van der Waals surface area contributed by atoms with Gasteiger partial charge in [-0.15, -0.1) is 0 Å². The number of ether oxygens (including phenoxy) is 1. The summed E-state index contributed by atoms with van der Waals surface area (Å²) in [5.74, 6) is 0.580. The lowest BCUT2D eigenvalue weighted by Crippen LogP contribution is -2.17. The topological polar surface area (TPSA) is 74.0 Å². The number of amides is 1. The Kier molecular flexibility index (Phi) is 6.06. The number of nitrogens with one attached hydrogen (secondary N) is 1. The highest BCUT2D eigenvalue weighted by molar-refractivity contribution is 5.85. The molecule has 0 aliphatic rings. The zero-order valence-corrected chi connectivity index (χ0v) is 20.0. The van der Waals surface area contributed by atoms with Gasteiger partial charge in [-0.3, -0.25) is 10.00 Å². The summed E-state index contributed by atoms with van der Waals surface area (Å²) in [5, 5.41) is 13.0. The van der Waals surface area contributed by atoms with Crippen molar-refractivity contribution >= 4 is 22.8 Å². The van der Waals surface area contributed by atoms with Gasteiger partial charge >= 0.3 is 6.09 Å². The van der Waals surface area contributed by atoms with Crippen molar-refractivity contribution in [2.75, 3.05) is 5.32 Å². The molecule has 5 rings (SSSR count). The highest BCUT2D eigenvalue weighted by Crippen LogP contribution is 2.27. The first-order valence-corrected chi connectivity index (χ1v) is 11.5. The van der Waals surface area contributed by atoms with Crippen LogP contribution >= 0.6 is 0 Å². The molecule has 2 heterocycles. The van der Waals surface area contributed by atoms with Crippen LogP contribution < -0.4 is 5.32 Å². The first-order valence-electron chi connectivity index (χ1n) is 11.5. The normalized spacial score (nSPS) is 11.1. The van der Waals surface area contributed by atoms with E-state index in [9.17, 15) is 4.79 Å². The summed E-state index contributed by atoms with van der Waals surface area (Å²) < 4.78 is 9.14. The molecule has 0 saturated carbocycles. The van der Waals surface area contributed by atoms with Crippen LogP contribution in [0.2, 0.25) is 0 Å². The molecule has 1 amide bonds. The molecule has 2 aromatic heterocycles. The first kappa shape index (κ1) is 22.4. The number of hydrogen-bond acceptors (Lipinski definition) is 4. The molecule has 0 aliphatic carbocycles. The van der Waals surface area contributed by atoms with E-state index in [1.54, 1.807) is 10.9 Å². The fraction of sp³-hybridized carbons (Fsp3) is 0.179. The lowest BCUT2D eigenvalue weighted by Gasteiger charge is -2.10. The Morgan fingerprint density at radius 2 is 1.80 bits per heavy atom. The van der Waals surface area contributed by atoms with Gasteiger partial charge in [0.05, 0.1) is 24.0 Å². The number of carbonyl (C=O) groups excluding carboxylic acids is 1. The molecule has 176 valence electrons. The molecule has 0 unspecified atom stereocenters. The van der Waals surface area contributed by atoms with Crippen molar-refractivity contribution < 1.29 is 9.53 Å². The quantitative estimate of drug-likeness (QED) is 0.341. The molecule has 3 aromatic carbocycles. The van der Waals surface area contributed by atoms with Gasteiger partial charge in [0.2, 0.25) is 0 Å². The molecule has 7 nitrogen and oxygen atoms in total. The van der Waals surface area contributed by atoms with Gasteiger partial charge in [-0.25, -0.2) is 9.48 Å². The molecule has 7 heteroatoms. The molecular formula is C28H27N5O2. The van der Waals surface area contributed by atoms with E-state index in [0.29, 0.717) is 12.4 Å².